The summed E-state index contributed by atoms with van der Waals surface area (Å²) in [5.74, 6) is -0.297. The van der Waals surface area contributed by atoms with Gasteiger partial charge in [-0.15, -0.1) is 0 Å². The summed E-state index contributed by atoms with van der Waals surface area (Å²) in [7, 11) is 1.52. The van der Waals surface area contributed by atoms with Crippen LogP contribution in [0.15, 0.2) is 42.5 Å². The number of nitrogens with one attached hydrogen (secondary N) is 2. The van der Waals surface area contributed by atoms with Crippen molar-refractivity contribution in [1.29, 1.82) is 0 Å². The fourth-order valence-corrected chi connectivity index (χ4v) is 3.19. The minimum Gasteiger partial charge on any atom is -0.495 e. The maximum Gasteiger partial charge on any atom is 0.228 e. The Morgan fingerprint density at radius 2 is 1.85 bits per heavy atom. The van der Waals surface area contributed by atoms with Crippen molar-refractivity contribution in [2.24, 2.45) is 11.8 Å². The van der Waals surface area contributed by atoms with Gasteiger partial charge in [-0.3, -0.25) is 9.59 Å². The molecule has 2 N–H and O–H groups in total. The number of halogens is 1. The highest BCUT2D eigenvalue weighted by molar-refractivity contribution is 6.31. The first-order chi connectivity index (χ1) is 13.0. The maximum atomic E-state index is 12.5. The van der Waals surface area contributed by atoms with Crippen LogP contribution in [0.5, 0.6) is 5.75 Å². The van der Waals surface area contributed by atoms with Crippen LogP contribution in [0.4, 0.5) is 5.69 Å². The molecule has 6 heteroatoms. The van der Waals surface area contributed by atoms with Gasteiger partial charge in [0.2, 0.25) is 11.8 Å². The lowest BCUT2D eigenvalue weighted by atomic mass is 10.1. The van der Waals surface area contributed by atoms with Gasteiger partial charge in [-0.2, -0.15) is 0 Å². The molecule has 0 radical (unpaired) electrons. The molecule has 0 spiro atoms. The highest BCUT2D eigenvalue weighted by atomic mass is 35.5. The zero-order chi connectivity index (χ0) is 19.4. The first-order valence-corrected chi connectivity index (χ1v) is 9.34. The Balaban J connectivity index is 1.50. The lowest BCUT2D eigenvalue weighted by Crippen LogP contribution is -2.29. The van der Waals surface area contributed by atoms with Crippen molar-refractivity contribution < 1.29 is 14.3 Å². The van der Waals surface area contributed by atoms with E-state index in [9.17, 15) is 9.59 Å². The largest absolute Gasteiger partial charge is 0.495 e. The number of hydrogen-bond donors (Lipinski definition) is 2. The van der Waals surface area contributed by atoms with Crippen LogP contribution in [0.2, 0.25) is 5.02 Å². The first kappa shape index (κ1) is 19.2. The summed E-state index contributed by atoms with van der Waals surface area (Å²) in [4.78, 5) is 24.7. The van der Waals surface area contributed by atoms with Crippen LogP contribution in [-0.4, -0.2) is 25.5 Å². The summed E-state index contributed by atoms with van der Waals surface area (Å²) in [6.45, 7) is 2.43. The average molecular weight is 387 g/mol. The fourth-order valence-electron chi connectivity index (χ4n) is 3.04. The second kappa shape index (κ2) is 8.44. The Morgan fingerprint density at radius 1 is 1.15 bits per heavy atom. The third-order valence-corrected chi connectivity index (χ3v) is 5.17. The van der Waals surface area contributed by atoms with Gasteiger partial charge < -0.3 is 15.4 Å². The van der Waals surface area contributed by atoms with E-state index < -0.39 is 0 Å². The third-order valence-electron chi connectivity index (χ3n) is 4.76. The van der Waals surface area contributed by atoms with Crippen molar-refractivity contribution in [1.82, 2.24) is 5.32 Å². The zero-order valence-electron chi connectivity index (χ0n) is 15.4. The number of benzene rings is 2. The number of carbonyl (C=O) groups excluding carboxylic acids is 2. The molecule has 2 aromatic carbocycles. The third kappa shape index (κ3) is 4.80. The van der Waals surface area contributed by atoms with Crippen molar-refractivity contribution in [2.75, 3.05) is 19.0 Å². The standard InChI is InChI=1S/C21H23ClN2O3/c1-13-10-18(19(27-2)12-17(13)22)24-21(26)16-11-15(16)20(25)23-9-8-14-6-4-3-5-7-14/h3-7,10,12,15-16H,8-9,11H2,1-2H3,(H,23,25)(H,24,26). The maximum absolute atomic E-state index is 12.5. The Hall–Kier alpha value is -2.53. The SMILES string of the molecule is COc1cc(Cl)c(C)cc1NC(=O)C1CC1C(=O)NCCc1ccccc1. The van der Waals surface area contributed by atoms with E-state index in [-0.39, 0.29) is 23.7 Å². The molecular weight excluding hydrogens is 364 g/mol. The summed E-state index contributed by atoms with van der Waals surface area (Å²) in [5, 5.41) is 6.35. The van der Waals surface area contributed by atoms with Gasteiger partial charge in [-0.1, -0.05) is 41.9 Å². The predicted molar refractivity (Wildman–Crippen MR) is 106 cm³/mol. The van der Waals surface area contributed by atoms with Crippen molar-refractivity contribution >= 4 is 29.1 Å². The zero-order valence-corrected chi connectivity index (χ0v) is 16.2. The highest BCUT2D eigenvalue weighted by Gasteiger charge is 2.48. The molecule has 0 bridgehead atoms. The molecule has 5 nitrogen and oxygen atoms in total. The van der Waals surface area contributed by atoms with Gasteiger partial charge in [0.25, 0.3) is 0 Å². The molecule has 2 unspecified atom stereocenters. The molecule has 3 rings (SSSR count). The van der Waals surface area contributed by atoms with Crippen LogP contribution in [0, 0.1) is 18.8 Å². The molecule has 1 fully saturated rings. The quantitative estimate of drug-likeness (QED) is 0.764. The van der Waals surface area contributed by atoms with E-state index in [2.05, 4.69) is 10.6 Å². The van der Waals surface area contributed by atoms with E-state index in [1.54, 1.807) is 12.1 Å². The predicted octanol–water partition coefficient (Wildman–Crippen LogP) is 3.59. The van der Waals surface area contributed by atoms with E-state index in [1.165, 1.54) is 12.7 Å². The van der Waals surface area contributed by atoms with Crippen molar-refractivity contribution in [2.45, 2.75) is 19.8 Å². The molecule has 2 atom stereocenters. The number of carbonyl (C=O) groups is 2. The molecular formula is C21H23ClN2O3. The molecule has 2 amide bonds. The van der Waals surface area contributed by atoms with E-state index in [1.807, 2.05) is 37.3 Å². The monoisotopic (exact) mass is 386 g/mol. The molecule has 0 heterocycles. The molecule has 142 valence electrons. The van der Waals surface area contributed by atoms with Crippen LogP contribution >= 0.6 is 11.6 Å². The Morgan fingerprint density at radius 3 is 2.56 bits per heavy atom. The second-order valence-corrected chi connectivity index (χ2v) is 7.17. The molecule has 27 heavy (non-hydrogen) atoms. The molecule has 0 aromatic heterocycles. The van der Waals surface area contributed by atoms with Gasteiger partial charge in [0.05, 0.1) is 24.6 Å². The minimum atomic E-state index is -0.303. The summed E-state index contributed by atoms with van der Waals surface area (Å²) < 4.78 is 5.27. The van der Waals surface area contributed by atoms with Gasteiger partial charge in [-0.05, 0) is 37.0 Å². The summed E-state index contributed by atoms with van der Waals surface area (Å²) in [6.07, 6.45) is 1.34. The number of hydrogen-bond acceptors (Lipinski definition) is 3. The van der Waals surface area contributed by atoms with Crippen molar-refractivity contribution in [3.05, 3.63) is 58.6 Å². The lowest BCUT2D eigenvalue weighted by Gasteiger charge is -2.12. The molecule has 0 saturated heterocycles. The molecule has 1 aliphatic carbocycles. The smallest absolute Gasteiger partial charge is 0.228 e. The molecule has 1 saturated carbocycles. The van der Waals surface area contributed by atoms with E-state index in [4.69, 9.17) is 16.3 Å². The number of rotatable bonds is 7. The van der Waals surface area contributed by atoms with Gasteiger partial charge in [0, 0.05) is 17.6 Å². The van der Waals surface area contributed by atoms with E-state index >= 15 is 0 Å². The molecule has 2 aromatic rings. The van der Waals surface area contributed by atoms with Gasteiger partial charge in [0.15, 0.2) is 0 Å². The number of amides is 2. The van der Waals surface area contributed by atoms with Gasteiger partial charge in [-0.25, -0.2) is 0 Å². The highest BCUT2D eigenvalue weighted by Crippen LogP contribution is 2.40. The molecule has 0 aliphatic heterocycles. The normalized spacial score (nSPS) is 17.9. The number of methoxy groups -OCH3 is 1. The fraction of sp³-hybridized carbons (Fsp3) is 0.333. The van der Waals surface area contributed by atoms with E-state index in [0.29, 0.717) is 29.4 Å². The second-order valence-electron chi connectivity index (χ2n) is 6.77. The lowest BCUT2D eigenvalue weighted by molar-refractivity contribution is -0.125. The number of ether oxygens (including phenoxy) is 1. The Bertz CT molecular complexity index is 839. The van der Waals surface area contributed by atoms with Crippen molar-refractivity contribution in [3.63, 3.8) is 0 Å². The number of anilines is 1. The Labute approximate surface area is 164 Å². The summed E-state index contributed by atoms with van der Waals surface area (Å²) >= 11 is 6.09. The van der Waals surface area contributed by atoms with Gasteiger partial charge in [0.1, 0.15) is 5.75 Å². The minimum absolute atomic E-state index is 0.0645. The van der Waals surface area contributed by atoms with Crippen LogP contribution < -0.4 is 15.4 Å². The van der Waals surface area contributed by atoms with Crippen LogP contribution in [0.25, 0.3) is 0 Å². The summed E-state index contributed by atoms with van der Waals surface area (Å²) in [5.41, 5.74) is 2.59. The van der Waals surface area contributed by atoms with Crippen LogP contribution in [-0.2, 0) is 16.0 Å². The topological polar surface area (TPSA) is 67.4 Å². The van der Waals surface area contributed by atoms with Crippen LogP contribution in [0.1, 0.15) is 17.5 Å². The summed E-state index contributed by atoms with van der Waals surface area (Å²) in [6, 6.07) is 13.4. The van der Waals surface area contributed by atoms with Crippen LogP contribution in [0.3, 0.4) is 0 Å². The average Bonchev–Trinajstić information content (AvgIpc) is 3.46. The van der Waals surface area contributed by atoms with E-state index in [0.717, 1.165) is 12.0 Å². The Kier molecular flexibility index (Phi) is 6.01. The number of aryl methyl sites for hydroxylation is 1. The van der Waals surface area contributed by atoms with Gasteiger partial charge >= 0.3 is 0 Å². The first-order valence-electron chi connectivity index (χ1n) is 8.96. The van der Waals surface area contributed by atoms with Crippen molar-refractivity contribution in [3.8, 4) is 5.75 Å². The molecule has 1 aliphatic rings.